The number of rotatable bonds is 4. The van der Waals surface area contributed by atoms with Crippen LogP contribution in [0.15, 0.2) is 36.7 Å². The van der Waals surface area contributed by atoms with Gasteiger partial charge in [0.15, 0.2) is 0 Å². The molecule has 6 heteroatoms. The summed E-state index contributed by atoms with van der Waals surface area (Å²) < 4.78 is 12.7. The van der Waals surface area contributed by atoms with Crippen LogP contribution in [-0.2, 0) is 11.8 Å². The van der Waals surface area contributed by atoms with Crippen molar-refractivity contribution in [2.45, 2.75) is 25.0 Å². The second-order valence-electron chi connectivity index (χ2n) is 5.73. The molecule has 23 heavy (non-hydrogen) atoms. The average Bonchev–Trinajstić information content (AvgIpc) is 3.02. The van der Waals surface area contributed by atoms with Gasteiger partial charge < -0.3 is 14.8 Å². The summed E-state index contributed by atoms with van der Waals surface area (Å²) >= 11 is 0. The van der Waals surface area contributed by atoms with Crippen LogP contribution in [0.5, 0.6) is 5.75 Å². The first-order valence-electron chi connectivity index (χ1n) is 7.71. The van der Waals surface area contributed by atoms with Gasteiger partial charge in [-0.2, -0.15) is 5.10 Å². The van der Waals surface area contributed by atoms with E-state index >= 15 is 0 Å². The van der Waals surface area contributed by atoms with E-state index in [1.165, 1.54) is 0 Å². The summed E-state index contributed by atoms with van der Waals surface area (Å²) in [7, 11) is 3.47. The number of nitrogens with one attached hydrogen (secondary N) is 1. The molecule has 0 aliphatic carbocycles. The summed E-state index contributed by atoms with van der Waals surface area (Å²) in [5.74, 6) is 0.596. The predicted molar refractivity (Wildman–Crippen MR) is 85.4 cm³/mol. The number of methoxy groups -OCH3 is 1. The zero-order valence-corrected chi connectivity index (χ0v) is 13.4. The fourth-order valence-electron chi connectivity index (χ4n) is 2.80. The third-order valence-electron chi connectivity index (χ3n) is 4.05. The highest BCUT2D eigenvalue weighted by Gasteiger charge is 2.26. The van der Waals surface area contributed by atoms with Crippen LogP contribution in [0, 0.1) is 0 Å². The molecule has 0 spiro atoms. The largest absolute Gasteiger partial charge is 0.497 e. The summed E-state index contributed by atoms with van der Waals surface area (Å²) in [6.45, 7) is 0.628. The van der Waals surface area contributed by atoms with Crippen LogP contribution < -0.4 is 10.1 Å². The number of ether oxygens (including phenoxy) is 2. The SMILES string of the molecule is COc1cccc(C(=O)N[C@H]2CCO[C@@H](c3cnn(C)c3)C2)c1. The second-order valence-corrected chi connectivity index (χ2v) is 5.73. The number of nitrogens with zero attached hydrogens (tertiary/aromatic N) is 2. The van der Waals surface area contributed by atoms with Crippen LogP contribution in [0.25, 0.3) is 0 Å². The van der Waals surface area contributed by atoms with E-state index in [1.807, 2.05) is 31.6 Å². The van der Waals surface area contributed by atoms with E-state index in [4.69, 9.17) is 9.47 Å². The van der Waals surface area contributed by atoms with Crippen molar-refractivity contribution < 1.29 is 14.3 Å². The van der Waals surface area contributed by atoms with Gasteiger partial charge in [0, 0.05) is 37.0 Å². The van der Waals surface area contributed by atoms with Gasteiger partial charge in [-0.1, -0.05) is 6.07 Å². The minimum atomic E-state index is -0.0827. The number of aryl methyl sites for hydroxylation is 1. The first kappa shape index (κ1) is 15.6. The quantitative estimate of drug-likeness (QED) is 0.938. The van der Waals surface area contributed by atoms with Crippen LogP contribution in [0.3, 0.4) is 0 Å². The van der Waals surface area contributed by atoms with E-state index in [2.05, 4.69) is 10.4 Å². The molecular formula is C17H21N3O3. The molecule has 122 valence electrons. The third kappa shape index (κ3) is 3.71. The molecule has 0 radical (unpaired) electrons. The molecule has 0 bridgehead atoms. The zero-order valence-electron chi connectivity index (χ0n) is 13.4. The molecule has 2 aromatic rings. The summed E-state index contributed by atoms with van der Waals surface area (Å²) in [6.07, 6.45) is 5.31. The van der Waals surface area contributed by atoms with E-state index in [-0.39, 0.29) is 18.1 Å². The molecule has 1 saturated heterocycles. The lowest BCUT2D eigenvalue weighted by atomic mass is 9.99. The minimum absolute atomic E-state index is 0.0203. The molecule has 0 unspecified atom stereocenters. The molecule has 1 aromatic heterocycles. The molecule has 2 heterocycles. The highest BCUT2D eigenvalue weighted by Crippen LogP contribution is 2.28. The Balaban J connectivity index is 1.64. The monoisotopic (exact) mass is 315 g/mol. The Hall–Kier alpha value is -2.34. The van der Waals surface area contributed by atoms with Crippen molar-refractivity contribution in [3.8, 4) is 5.75 Å². The highest BCUT2D eigenvalue weighted by molar-refractivity contribution is 5.94. The van der Waals surface area contributed by atoms with E-state index in [0.29, 0.717) is 17.9 Å². The van der Waals surface area contributed by atoms with Gasteiger partial charge in [0.25, 0.3) is 5.91 Å². The van der Waals surface area contributed by atoms with Gasteiger partial charge >= 0.3 is 0 Å². The maximum absolute atomic E-state index is 12.4. The molecule has 3 rings (SSSR count). The highest BCUT2D eigenvalue weighted by atomic mass is 16.5. The number of carbonyl (C=O) groups is 1. The Morgan fingerprint density at radius 3 is 3.09 bits per heavy atom. The van der Waals surface area contributed by atoms with Crippen LogP contribution in [0.4, 0.5) is 0 Å². The van der Waals surface area contributed by atoms with Gasteiger partial charge in [-0.25, -0.2) is 0 Å². The maximum Gasteiger partial charge on any atom is 0.251 e. The fraction of sp³-hybridized carbons (Fsp3) is 0.412. The first-order chi connectivity index (χ1) is 11.2. The van der Waals surface area contributed by atoms with Gasteiger partial charge in [-0.3, -0.25) is 9.48 Å². The molecule has 1 aromatic carbocycles. The zero-order chi connectivity index (χ0) is 16.2. The number of hydrogen-bond acceptors (Lipinski definition) is 4. The molecule has 2 atom stereocenters. The molecule has 1 fully saturated rings. The average molecular weight is 315 g/mol. The van der Waals surface area contributed by atoms with Crippen LogP contribution in [-0.4, -0.2) is 35.4 Å². The Bertz CT molecular complexity index is 683. The van der Waals surface area contributed by atoms with Crippen LogP contribution in [0.1, 0.15) is 34.9 Å². The summed E-state index contributed by atoms with van der Waals surface area (Å²) in [5.41, 5.74) is 1.65. The minimum Gasteiger partial charge on any atom is -0.497 e. The van der Waals surface area contributed by atoms with E-state index in [1.54, 1.807) is 23.9 Å². The lowest BCUT2D eigenvalue weighted by Crippen LogP contribution is -2.39. The van der Waals surface area contributed by atoms with Crippen LogP contribution in [0.2, 0.25) is 0 Å². The molecule has 1 N–H and O–H groups in total. The number of benzene rings is 1. The van der Waals surface area contributed by atoms with Crippen molar-refractivity contribution in [2.24, 2.45) is 7.05 Å². The standard InChI is InChI=1S/C17H21N3O3/c1-20-11-13(10-18-20)16-9-14(6-7-23-16)19-17(21)12-4-3-5-15(8-12)22-2/h3-5,8,10-11,14,16H,6-7,9H2,1-2H3,(H,19,21)/t14-,16+/m0/s1. The Morgan fingerprint density at radius 1 is 1.48 bits per heavy atom. The van der Waals surface area contributed by atoms with Crippen molar-refractivity contribution >= 4 is 5.91 Å². The smallest absolute Gasteiger partial charge is 0.251 e. The van der Waals surface area contributed by atoms with Crippen molar-refractivity contribution in [2.75, 3.05) is 13.7 Å². The molecule has 1 aliphatic rings. The molecule has 1 amide bonds. The Morgan fingerprint density at radius 2 is 2.35 bits per heavy atom. The summed E-state index contributed by atoms with van der Waals surface area (Å²) in [4.78, 5) is 12.4. The van der Waals surface area contributed by atoms with Gasteiger partial charge in [0.1, 0.15) is 5.75 Å². The van der Waals surface area contributed by atoms with Gasteiger partial charge in [0.2, 0.25) is 0 Å². The van der Waals surface area contributed by atoms with Crippen LogP contribution >= 0.6 is 0 Å². The topological polar surface area (TPSA) is 65.4 Å². The number of carbonyl (C=O) groups excluding carboxylic acids is 1. The predicted octanol–water partition coefficient (Wildman–Crippen LogP) is 2.08. The Kier molecular flexibility index (Phi) is 4.62. The van der Waals surface area contributed by atoms with Gasteiger partial charge in [0.05, 0.1) is 19.4 Å². The summed E-state index contributed by atoms with van der Waals surface area (Å²) in [6, 6.07) is 7.26. The second kappa shape index (κ2) is 6.83. The van der Waals surface area contributed by atoms with E-state index in [9.17, 15) is 4.79 Å². The molecular weight excluding hydrogens is 294 g/mol. The third-order valence-corrected chi connectivity index (χ3v) is 4.05. The maximum atomic E-state index is 12.4. The Labute approximate surface area is 135 Å². The summed E-state index contributed by atoms with van der Waals surface area (Å²) in [5, 5.41) is 7.27. The van der Waals surface area contributed by atoms with Crippen molar-refractivity contribution in [1.82, 2.24) is 15.1 Å². The normalized spacial score (nSPS) is 21.0. The number of aromatic nitrogens is 2. The van der Waals surface area contributed by atoms with Crippen molar-refractivity contribution in [3.05, 3.63) is 47.8 Å². The van der Waals surface area contributed by atoms with Crippen molar-refractivity contribution in [3.63, 3.8) is 0 Å². The molecule has 1 aliphatic heterocycles. The number of hydrogen-bond donors (Lipinski definition) is 1. The van der Waals surface area contributed by atoms with E-state index in [0.717, 1.165) is 18.4 Å². The van der Waals surface area contributed by atoms with Crippen molar-refractivity contribution in [1.29, 1.82) is 0 Å². The van der Waals surface area contributed by atoms with E-state index < -0.39 is 0 Å². The van der Waals surface area contributed by atoms with Gasteiger partial charge in [-0.15, -0.1) is 0 Å². The lowest BCUT2D eigenvalue weighted by molar-refractivity contribution is 0.000865. The molecule has 0 saturated carbocycles. The van der Waals surface area contributed by atoms with Gasteiger partial charge in [-0.05, 0) is 31.0 Å². The number of amides is 1. The fourth-order valence-corrected chi connectivity index (χ4v) is 2.80. The lowest BCUT2D eigenvalue weighted by Gasteiger charge is -2.29. The first-order valence-corrected chi connectivity index (χ1v) is 7.71. The molecule has 6 nitrogen and oxygen atoms in total.